The molecule has 0 amide bonds. The first kappa shape index (κ1) is 14.3. The normalized spacial score (nSPS) is 10.8. The summed E-state index contributed by atoms with van der Waals surface area (Å²) in [6, 6.07) is 9.26. The molecule has 0 aliphatic rings. The topological polar surface area (TPSA) is 48.4 Å². The Morgan fingerprint density at radius 1 is 1.30 bits per heavy atom. The molecule has 1 aromatic heterocycles. The number of hydrogen-bond acceptors (Lipinski definition) is 4. The minimum Gasteiger partial charge on any atom is -0.493 e. The molecule has 20 heavy (non-hydrogen) atoms. The van der Waals surface area contributed by atoms with Crippen LogP contribution in [0.2, 0.25) is 0 Å². The van der Waals surface area contributed by atoms with E-state index >= 15 is 0 Å². The van der Waals surface area contributed by atoms with Gasteiger partial charge in [0, 0.05) is 11.5 Å². The molecule has 0 aliphatic carbocycles. The summed E-state index contributed by atoms with van der Waals surface area (Å²) in [4.78, 5) is 15.9. The van der Waals surface area contributed by atoms with Crippen LogP contribution in [-0.2, 0) is 4.74 Å². The summed E-state index contributed by atoms with van der Waals surface area (Å²) in [5.41, 5.74) is 1.00. The third-order valence-corrected chi connectivity index (χ3v) is 3.03. The zero-order valence-electron chi connectivity index (χ0n) is 12.1. The van der Waals surface area contributed by atoms with Gasteiger partial charge in [0.2, 0.25) is 0 Å². The quantitative estimate of drug-likeness (QED) is 0.783. The van der Waals surface area contributed by atoms with E-state index < -0.39 is 5.97 Å². The molecule has 2 rings (SSSR count). The molecule has 2 aromatic rings. The molecule has 0 bridgehead atoms. The van der Waals surface area contributed by atoms with Gasteiger partial charge >= 0.3 is 5.97 Å². The fourth-order valence-electron chi connectivity index (χ4n) is 1.88. The molecule has 0 N–H and O–H groups in total. The van der Waals surface area contributed by atoms with Crippen molar-refractivity contribution in [3.63, 3.8) is 0 Å². The summed E-state index contributed by atoms with van der Waals surface area (Å²) in [6.07, 6.45) is 0.963. The number of para-hydroxylation sites is 1. The van der Waals surface area contributed by atoms with Crippen molar-refractivity contribution in [2.75, 3.05) is 13.7 Å². The molecule has 4 nitrogen and oxygen atoms in total. The number of aromatic nitrogens is 1. The summed E-state index contributed by atoms with van der Waals surface area (Å²) < 4.78 is 10.5. The summed E-state index contributed by atoms with van der Waals surface area (Å²) in [5.74, 6) is 0.796. The van der Waals surface area contributed by atoms with E-state index in [-0.39, 0.29) is 5.69 Å². The fraction of sp³-hybridized carbons (Fsp3) is 0.375. The van der Waals surface area contributed by atoms with Crippen LogP contribution in [0.5, 0.6) is 5.75 Å². The number of carbonyl (C=O) groups excluding carboxylic acids is 1. The average Bonchev–Trinajstić information content (AvgIpc) is 2.45. The molecule has 4 heteroatoms. The van der Waals surface area contributed by atoms with Crippen molar-refractivity contribution in [3.8, 4) is 5.75 Å². The van der Waals surface area contributed by atoms with Gasteiger partial charge in [0.05, 0.1) is 19.2 Å². The van der Waals surface area contributed by atoms with Crippen LogP contribution in [-0.4, -0.2) is 24.7 Å². The van der Waals surface area contributed by atoms with E-state index in [4.69, 9.17) is 9.47 Å². The Morgan fingerprint density at radius 3 is 2.75 bits per heavy atom. The lowest BCUT2D eigenvalue weighted by atomic mass is 10.1. The first-order valence-electron chi connectivity index (χ1n) is 6.72. The van der Waals surface area contributed by atoms with E-state index in [1.54, 1.807) is 6.07 Å². The van der Waals surface area contributed by atoms with Crippen LogP contribution < -0.4 is 4.74 Å². The lowest BCUT2D eigenvalue weighted by Crippen LogP contribution is -2.07. The van der Waals surface area contributed by atoms with E-state index in [0.29, 0.717) is 18.3 Å². The number of rotatable bonds is 5. The minimum absolute atomic E-state index is 0.269. The minimum atomic E-state index is -0.454. The van der Waals surface area contributed by atoms with Crippen LogP contribution in [0.25, 0.3) is 10.9 Å². The molecule has 1 heterocycles. The second-order valence-corrected chi connectivity index (χ2v) is 5.05. The lowest BCUT2D eigenvalue weighted by Gasteiger charge is -2.11. The maximum absolute atomic E-state index is 11.7. The molecule has 0 saturated carbocycles. The van der Waals surface area contributed by atoms with E-state index in [2.05, 4.69) is 18.8 Å². The maximum atomic E-state index is 11.7. The van der Waals surface area contributed by atoms with Crippen molar-refractivity contribution in [2.45, 2.75) is 20.3 Å². The second-order valence-electron chi connectivity index (χ2n) is 5.05. The SMILES string of the molecule is COC(=O)c1cc(OCCC(C)C)c2ccccc2n1. The summed E-state index contributed by atoms with van der Waals surface area (Å²) >= 11 is 0. The van der Waals surface area contributed by atoms with Gasteiger partial charge in [0.1, 0.15) is 5.75 Å². The van der Waals surface area contributed by atoms with E-state index in [1.807, 2.05) is 24.3 Å². The van der Waals surface area contributed by atoms with Gasteiger partial charge in [-0.1, -0.05) is 26.0 Å². The molecule has 0 fully saturated rings. The zero-order chi connectivity index (χ0) is 14.5. The predicted molar refractivity (Wildman–Crippen MR) is 78.0 cm³/mol. The monoisotopic (exact) mass is 273 g/mol. The highest BCUT2D eigenvalue weighted by atomic mass is 16.5. The number of esters is 1. The number of nitrogens with zero attached hydrogens (tertiary/aromatic N) is 1. The fourth-order valence-corrected chi connectivity index (χ4v) is 1.88. The number of carbonyl (C=O) groups is 1. The number of ether oxygens (including phenoxy) is 2. The number of fused-ring (bicyclic) bond motifs is 1. The highest BCUT2D eigenvalue weighted by molar-refractivity contribution is 5.93. The number of methoxy groups -OCH3 is 1. The summed E-state index contributed by atoms with van der Waals surface area (Å²) in [6.45, 7) is 4.91. The molecule has 0 aliphatic heterocycles. The van der Waals surface area contributed by atoms with Crippen molar-refractivity contribution in [2.24, 2.45) is 5.92 Å². The largest absolute Gasteiger partial charge is 0.493 e. The predicted octanol–water partition coefficient (Wildman–Crippen LogP) is 3.45. The van der Waals surface area contributed by atoms with Crippen molar-refractivity contribution in [3.05, 3.63) is 36.0 Å². The Kier molecular flexibility index (Phi) is 4.56. The van der Waals surface area contributed by atoms with Crippen molar-refractivity contribution >= 4 is 16.9 Å². The van der Waals surface area contributed by atoms with Gasteiger partial charge < -0.3 is 9.47 Å². The number of benzene rings is 1. The van der Waals surface area contributed by atoms with Crippen LogP contribution in [0.1, 0.15) is 30.8 Å². The van der Waals surface area contributed by atoms with E-state index in [0.717, 1.165) is 17.3 Å². The first-order valence-corrected chi connectivity index (χ1v) is 6.72. The van der Waals surface area contributed by atoms with E-state index in [1.165, 1.54) is 7.11 Å². The molecule has 0 atom stereocenters. The van der Waals surface area contributed by atoms with E-state index in [9.17, 15) is 4.79 Å². The molecular formula is C16H19NO3. The Hall–Kier alpha value is -2.10. The zero-order valence-corrected chi connectivity index (χ0v) is 12.1. The van der Waals surface area contributed by atoms with Gasteiger partial charge in [-0.05, 0) is 24.5 Å². The Labute approximate surface area is 118 Å². The number of pyridine rings is 1. The average molecular weight is 273 g/mol. The number of hydrogen-bond donors (Lipinski definition) is 0. The van der Waals surface area contributed by atoms with Crippen LogP contribution in [0, 0.1) is 5.92 Å². The van der Waals surface area contributed by atoms with Crippen molar-refractivity contribution < 1.29 is 14.3 Å². The molecule has 0 saturated heterocycles. The highest BCUT2D eigenvalue weighted by Gasteiger charge is 2.13. The van der Waals surface area contributed by atoms with Crippen molar-refractivity contribution in [1.82, 2.24) is 4.98 Å². The van der Waals surface area contributed by atoms with Crippen LogP contribution in [0.3, 0.4) is 0 Å². The molecule has 106 valence electrons. The second kappa shape index (κ2) is 6.37. The molecule has 0 radical (unpaired) electrons. The Morgan fingerprint density at radius 2 is 2.05 bits per heavy atom. The lowest BCUT2D eigenvalue weighted by molar-refractivity contribution is 0.0594. The smallest absolute Gasteiger partial charge is 0.356 e. The Balaban J connectivity index is 2.36. The van der Waals surface area contributed by atoms with Crippen LogP contribution in [0.4, 0.5) is 0 Å². The standard InChI is InChI=1S/C16H19NO3/c1-11(2)8-9-20-15-10-14(16(18)19-3)17-13-7-5-4-6-12(13)15/h4-7,10-11H,8-9H2,1-3H3. The third kappa shape index (κ3) is 3.26. The Bertz CT molecular complexity index is 608. The molecule has 0 spiro atoms. The van der Waals surface area contributed by atoms with Crippen molar-refractivity contribution in [1.29, 1.82) is 0 Å². The molecule has 0 unspecified atom stereocenters. The van der Waals surface area contributed by atoms with Gasteiger partial charge in [-0.2, -0.15) is 0 Å². The summed E-state index contributed by atoms with van der Waals surface area (Å²) in [5, 5.41) is 0.906. The summed E-state index contributed by atoms with van der Waals surface area (Å²) in [7, 11) is 1.35. The molecule has 1 aromatic carbocycles. The van der Waals surface area contributed by atoms with Crippen LogP contribution >= 0.6 is 0 Å². The van der Waals surface area contributed by atoms with Gasteiger partial charge in [0.25, 0.3) is 0 Å². The molecular weight excluding hydrogens is 254 g/mol. The first-order chi connectivity index (χ1) is 9.61. The maximum Gasteiger partial charge on any atom is 0.356 e. The van der Waals surface area contributed by atoms with Gasteiger partial charge in [0.15, 0.2) is 5.69 Å². The van der Waals surface area contributed by atoms with Gasteiger partial charge in [-0.25, -0.2) is 9.78 Å². The third-order valence-electron chi connectivity index (χ3n) is 3.03. The van der Waals surface area contributed by atoms with Crippen LogP contribution in [0.15, 0.2) is 30.3 Å². The van der Waals surface area contributed by atoms with Gasteiger partial charge in [-0.15, -0.1) is 0 Å². The van der Waals surface area contributed by atoms with Gasteiger partial charge in [-0.3, -0.25) is 0 Å². The highest BCUT2D eigenvalue weighted by Crippen LogP contribution is 2.26.